The summed E-state index contributed by atoms with van der Waals surface area (Å²) in [6.45, 7) is 10.2. The van der Waals surface area contributed by atoms with Gasteiger partial charge in [0.2, 0.25) is 5.95 Å². The maximum Gasteiger partial charge on any atom is 0.204 e. The second-order valence-electron chi connectivity index (χ2n) is 8.92. The van der Waals surface area contributed by atoms with E-state index in [1.54, 1.807) is 0 Å². The maximum atomic E-state index is 14.2. The fourth-order valence-electron chi connectivity index (χ4n) is 4.48. The van der Waals surface area contributed by atoms with Gasteiger partial charge in [-0.2, -0.15) is 0 Å². The first-order valence-corrected chi connectivity index (χ1v) is 11.5. The van der Waals surface area contributed by atoms with Gasteiger partial charge in [-0.25, -0.2) is 9.37 Å². The number of benzene rings is 2. The molecule has 2 heterocycles. The monoisotopic (exact) mass is 439 g/mol. The molecule has 172 valence electrons. The van der Waals surface area contributed by atoms with Gasteiger partial charge in [-0.15, -0.1) is 0 Å². The molecular formula is C25H34FN5O. The van der Waals surface area contributed by atoms with Gasteiger partial charge < -0.3 is 25.7 Å². The number of piperidine rings is 1. The summed E-state index contributed by atoms with van der Waals surface area (Å²) in [4.78, 5) is 4.90. The molecule has 7 heteroatoms. The van der Waals surface area contributed by atoms with Crippen molar-refractivity contribution >= 4 is 17.0 Å². The van der Waals surface area contributed by atoms with Crippen molar-refractivity contribution in [3.05, 3.63) is 52.3 Å². The molecule has 0 amide bonds. The standard InChI is InChI=1S/C25H34FN5O/c1-16-10-21-24(22(11-16)32-15-19-4-7-28-8-5-19)30-25(29-9-6-27)31(21)14-20-12-17(2)23(26)18(3)13-20/h10-13,19,28H,4-9,14-15,27H2,1-3H3,(H,29,30). The average Bonchev–Trinajstić information content (AvgIpc) is 3.12. The zero-order valence-corrected chi connectivity index (χ0v) is 19.3. The number of hydrogen-bond acceptors (Lipinski definition) is 5. The van der Waals surface area contributed by atoms with Gasteiger partial charge in [0.1, 0.15) is 17.1 Å². The molecule has 4 rings (SSSR count). The van der Waals surface area contributed by atoms with Crippen LogP contribution in [-0.4, -0.2) is 42.3 Å². The Labute approximate surface area is 189 Å². The number of aryl methyl sites for hydroxylation is 3. The van der Waals surface area contributed by atoms with Crippen LogP contribution >= 0.6 is 0 Å². The molecule has 0 radical (unpaired) electrons. The molecule has 1 aromatic heterocycles. The van der Waals surface area contributed by atoms with Crippen LogP contribution in [-0.2, 0) is 6.54 Å². The number of rotatable bonds is 8. The van der Waals surface area contributed by atoms with E-state index in [0.29, 0.717) is 43.3 Å². The molecule has 3 aromatic rings. The average molecular weight is 440 g/mol. The van der Waals surface area contributed by atoms with E-state index < -0.39 is 0 Å². The summed E-state index contributed by atoms with van der Waals surface area (Å²) in [5.74, 6) is 1.99. The lowest BCUT2D eigenvalue weighted by atomic mass is 9.99. The summed E-state index contributed by atoms with van der Waals surface area (Å²) in [6.07, 6.45) is 2.27. The van der Waals surface area contributed by atoms with Crippen LogP contribution in [0.25, 0.3) is 11.0 Å². The fraction of sp³-hybridized carbons (Fsp3) is 0.480. The lowest BCUT2D eigenvalue weighted by Crippen LogP contribution is -2.30. The molecule has 1 fully saturated rings. The molecule has 1 aliphatic heterocycles. The van der Waals surface area contributed by atoms with Crippen LogP contribution in [0.4, 0.5) is 10.3 Å². The molecule has 1 saturated heterocycles. The van der Waals surface area contributed by atoms with Crippen LogP contribution in [0, 0.1) is 32.5 Å². The van der Waals surface area contributed by atoms with Gasteiger partial charge in [0.15, 0.2) is 0 Å². The van der Waals surface area contributed by atoms with Gasteiger partial charge in [-0.05, 0) is 87.0 Å². The number of anilines is 1. The Bertz CT molecular complexity index is 1060. The van der Waals surface area contributed by atoms with Crippen molar-refractivity contribution in [2.45, 2.75) is 40.2 Å². The highest BCUT2D eigenvalue weighted by atomic mass is 19.1. The largest absolute Gasteiger partial charge is 0.491 e. The third-order valence-corrected chi connectivity index (χ3v) is 6.16. The van der Waals surface area contributed by atoms with E-state index in [1.807, 2.05) is 26.0 Å². The van der Waals surface area contributed by atoms with E-state index in [1.165, 1.54) is 0 Å². The summed E-state index contributed by atoms with van der Waals surface area (Å²) in [7, 11) is 0. The molecule has 0 spiro atoms. The van der Waals surface area contributed by atoms with Crippen LogP contribution in [0.15, 0.2) is 24.3 Å². The number of imidazole rings is 1. The van der Waals surface area contributed by atoms with E-state index in [9.17, 15) is 4.39 Å². The summed E-state index contributed by atoms with van der Waals surface area (Å²) >= 11 is 0. The summed E-state index contributed by atoms with van der Waals surface area (Å²) in [6, 6.07) is 8.02. The number of nitrogens with zero attached hydrogens (tertiary/aromatic N) is 2. The van der Waals surface area contributed by atoms with Crippen LogP contribution < -0.4 is 21.1 Å². The Balaban J connectivity index is 1.70. The quantitative estimate of drug-likeness (QED) is 0.496. The molecule has 2 aromatic carbocycles. The molecule has 0 saturated carbocycles. The Kier molecular flexibility index (Phi) is 6.96. The molecule has 0 atom stereocenters. The number of hydrogen-bond donors (Lipinski definition) is 3. The normalized spacial score (nSPS) is 14.8. The van der Waals surface area contributed by atoms with E-state index >= 15 is 0 Å². The molecule has 6 nitrogen and oxygen atoms in total. The highest BCUT2D eigenvalue weighted by molar-refractivity contribution is 5.85. The summed E-state index contributed by atoms with van der Waals surface area (Å²) in [5, 5.41) is 6.76. The first kappa shape index (κ1) is 22.6. The van der Waals surface area contributed by atoms with Gasteiger partial charge in [0.05, 0.1) is 18.7 Å². The predicted molar refractivity (Wildman–Crippen MR) is 128 cm³/mol. The first-order chi connectivity index (χ1) is 15.5. The van der Waals surface area contributed by atoms with Crippen molar-refractivity contribution in [1.82, 2.24) is 14.9 Å². The minimum Gasteiger partial charge on any atom is -0.491 e. The SMILES string of the molecule is Cc1cc(OCC2CCNCC2)c2nc(NCCN)n(Cc3cc(C)c(F)c(C)c3)c2c1. The number of nitrogens with two attached hydrogens (primary N) is 1. The van der Waals surface area contributed by atoms with Gasteiger partial charge >= 0.3 is 0 Å². The fourth-order valence-corrected chi connectivity index (χ4v) is 4.48. The Hall–Kier alpha value is -2.64. The lowest BCUT2D eigenvalue weighted by Gasteiger charge is -2.22. The number of halogens is 1. The molecular weight excluding hydrogens is 405 g/mol. The molecule has 0 unspecified atom stereocenters. The lowest BCUT2D eigenvalue weighted by molar-refractivity contribution is 0.217. The van der Waals surface area contributed by atoms with Gasteiger partial charge in [-0.3, -0.25) is 0 Å². The zero-order chi connectivity index (χ0) is 22.7. The van der Waals surface area contributed by atoms with Crippen molar-refractivity contribution in [2.24, 2.45) is 11.7 Å². The minimum absolute atomic E-state index is 0.143. The summed E-state index contributed by atoms with van der Waals surface area (Å²) in [5.41, 5.74) is 11.1. The molecule has 0 bridgehead atoms. The van der Waals surface area contributed by atoms with Crippen LogP contribution in [0.3, 0.4) is 0 Å². The molecule has 0 aliphatic carbocycles. The predicted octanol–water partition coefficient (Wildman–Crippen LogP) is 3.90. The van der Waals surface area contributed by atoms with Gasteiger partial charge in [-0.1, -0.05) is 12.1 Å². The number of nitrogens with one attached hydrogen (secondary N) is 2. The van der Waals surface area contributed by atoms with Crippen molar-refractivity contribution in [3.63, 3.8) is 0 Å². The highest BCUT2D eigenvalue weighted by Gasteiger charge is 2.19. The number of aromatic nitrogens is 2. The summed E-state index contributed by atoms with van der Waals surface area (Å²) < 4.78 is 22.6. The van der Waals surface area contributed by atoms with E-state index in [2.05, 4.69) is 34.3 Å². The van der Waals surface area contributed by atoms with Gasteiger partial charge in [0, 0.05) is 13.1 Å². The molecule has 4 N–H and O–H groups in total. The maximum absolute atomic E-state index is 14.2. The molecule has 32 heavy (non-hydrogen) atoms. The number of fused-ring (bicyclic) bond motifs is 1. The zero-order valence-electron chi connectivity index (χ0n) is 19.3. The van der Waals surface area contributed by atoms with Crippen molar-refractivity contribution in [3.8, 4) is 5.75 Å². The second kappa shape index (κ2) is 9.88. The Morgan fingerprint density at radius 1 is 1.16 bits per heavy atom. The van der Waals surface area contributed by atoms with Crippen LogP contribution in [0.1, 0.15) is 35.1 Å². The van der Waals surface area contributed by atoms with Crippen LogP contribution in [0.5, 0.6) is 5.75 Å². The molecule has 1 aliphatic rings. The van der Waals surface area contributed by atoms with Crippen molar-refractivity contribution < 1.29 is 9.13 Å². The Morgan fingerprint density at radius 2 is 1.88 bits per heavy atom. The van der Waals surface area contributed by atoms with Crippen molar-refractivity contribution in [2.75, 3.05) is 38.1 Å². The van der Waals surface area contributed by atoms with Crippen molar-refractivity contribution in [1.29, 1.82) is 0 Å². The van der Waals surface area contributed by atoms with E-state index in [4.69, 9.17) is 15.5 Å². The third-order valence-electron chi connectivity index (χ3n) is 6.16. The van der Waals surface area contributed by atoms with E-state index in [0.717, 1.165) is 59.8 Å². The third kappa shape index (κ3) is 4.89. The minimum atomic E-state index is -0.143. The van der Waals surface area contributed by atoms with Crippen LogP contribution in [0.2, 0.25) is 0 Å². The number of ether oxygens (including phenoxy) is 1. The topological polar surface area (TPSA) is 77.1 Å². The smallest absolute Gasteiger partial charge is 0.204 e. The Morgan fingerprint density at radius 3 is 2.56 bits per heavy atom. The first-order valence-electron chi connectivity index (χ1n) is 11.5. The second-order valence-corrected chi connectivity index (χ2v) is 8.92. The highest BCUT2D eigenvalue weighted by Crippen LogP contribution is 2.32. The van der Waals surface area contributed by atoms with E-state index in [-0.39, 0.29) is 5.82 Å². The van der Waals surface area contributed by atoms with Gasteiger partial charge in [0.25, 0.3) is 0 Å².